The SMILES string of the molecule is COc1ccccc1C(=O)Nc1[nH]c(=O)nc2c1[nH]c(=O)n2C1CCOC1COS(N)(=O)=O. The minimum Gasteiger partial charge on any atom is -0.496 e. The number of nitrogens with two attached hydrogens (primary N) is 1. The average Bonchev–Trinajstić information content (AvgIpc) is 3.34. The van der Waals surface area contributed by atoms with Gasteiger partial charge in [-0.3, -0.25) is 18.5 Å². The summed E-state index contributed by atoms with van der Waals surface area (Å²) < 4.78 is 38.7. The first kappa shape index (κ1) is 22.7. The van der Waals surface area contributed by atoms with Crippen LogP contribution in [0.4, 0.5) is 5.82 Å². The van der Waals surface area contributed by atoms with Gasteiger partial charge in [0.25, 0.3) is 5.91 Å². The predicted molar refractivity (Wildman–Crippen MR) is 114 cm³/mol. The zero-order valence-electron chi connectivity index (χ0n) is 17.2. The van der Waals surface area contributed by atoms with Crippen molar-refractivity contribution in [3.8, 4) is 5.75 Å². The molecule has 3 heterocycles. The van der Waals surface area contributed by atoms with Crippen LogP contribution >= 0.6 is 0 Å². The van der Waals surface area contributed by atoms with Gasteiger partial charge >= 0.3 is 21.7 Å². The van der Waals surface area contributed by atoms with E-state index in [1.54, 1.807) is 18.2 Å². The van der Waals surface area contributed by atoms with Crippen molar-refractivity contribution in [2.24, 2.45) is 5.14 Å². The molecule has 1 aliphatic heterocycles. The Balaban J connectivity index is 1.72. The summed E-state index contributed by atoms with van der Waals surface area (Å²) in [5, 5.41) is 7.42. The van der Waals surface area contributed by atoms with E-state index >= 15 is 0 Å². The summed E-state index contributed by atoms with van der Waals surface area (Å²) >= 11 is 0. The van der Waals surface area contributed by atoms with E-state index in [9.17, 15) is 22.8 Å². The van der Waals surface area contributed by atoms with Gasteiger partial charge in [-0.25, -0.2) is 14.7 Å². The lowest BCUT2D eigenvalue weighted by atomic mass is 10.1. The fourth-order valence-corrected chi connectivity index (χ4v) is 4.01. The van der Waals surface area contributed by atoms with Gasteiger partial charge in [0.05, 0.1) is 25.3 Å². The predicted octanol–water partition coefficient (Wildman–Crippen LogP) is -0.776. The highest BCUT2D eigenvalue weighted by Gasteiger charge is 2.34. The molecule has 1 saturated heterocycles. The van der Waals surface area contributed by atoms with Crippen LogP contribution in [0.1, 0.15) is 22.8 Å². The Hall–Kier alpha value is -3.53. The lowest BCUT2D eigenvalue weighted by Crippen LogP contribution is -2.33. The summed E-state index contributed by atoms with van der Waals surface area (Å²) in [6.45, 7) is -0.216. The van der Waals surface area contributed by atoms with E-state index in [0.29, 0.717) is 12.2 Å². The number of imidazole rings is 1. The highest BCUT2D eigenvalue weighted by molar-refractivity contribution is 7.84. The third-order valence-electron chi connectivity index (χ3n) is 5.08. The van der Waals surface area contributed by atoms with E-state index in [1.807, 2.05) is 0 Å². The molecule has 176 valence electrons. The van der Waals surface area contributed by atoms with Crippen LogP contribution in [0.5, 0.6) is 5.75 Å². The molecular formula is C18H20N6O8S. The summed E-state index contributed by atoms with van der Waals surface area (Å²) in [5.41, 5.74) is -1.23. The second kappa shape index (κ2) is 8.78. The Morgan fingerprint density at radius 3 is 2.82 bits per heavy atom. The number of nitrogens with one attached hydrogen (secondary N) is 3. The number of methoxy groups -OCH3 is 1. The number of aromatic amines is 2. The highest BCUT2D eigenvalue weighted by atomic mass is 32.2. The molecule has 0 aliphatic carbocycles. The average molecular weight is 480 g/mol. The number of anilines is 1. The molecule has 1 fully saturated rings. The number of carbonyl (C=O) groups excluding carboxylic acids is 1. The molecule has 1 amide bonds. The number of amides is 1. The van der Waals surface area contributed by atoms with Gasteiger partial charge in [0, 0.05) is 6.61 Å². The van der Waals surface area contributed by atoms with Crippen molar-refractivity contribution in [1.29, 1.82) is 0 Å². The van der Waals surface area contributed by atoms with Crippen LogP contribution < -0.4 is 26.6 Å². The second-order valence-electron chi connectivity index (χ2n) is 7.11. The van der Waals surface area contributed by atoms with Crippen molar-refractivity contribution < 1.29 is 26.9 Å². The monoisotopic (exact) mass is 480 g/mol. The number of aromatic nitrogens is 4. The number of para-hydroxylation sites is 1. The van der Waals surface area contributed by atoms with Crippen LogP contribution in [-0.2, 0) is 19.2 Å². The Morgan fingerprint density at radius 2 is 2.09 bits per heavy atom. The van der Waals surface area contributed by atoms with Crippen LogP contribution in [0, 0.1) is 0 Å². The number of fused-ring (bicyclic) bond motifs is 1. The summed E-state index contributed by atoms with van der Waals surface area (Å²) in [6, 6.07) is 5.77. The molecule has 1 aromatic carbocycles. The fourth-order valence-electron chi connectivity index (χ4n) is 3.69. The molecular weight excluding hydrogens is 460 g/mol. The molecule has 0 bridgehead atoms. The normalized spacial score (nSPS) is 18.5. The second-order valence-corrected chi connectivity index (χ2v) is 8.33. The molecule has 4 rings (SSSR count). The smallest absolute Gasteiger partial charge is 0.348 e. The number of hydrogen-bond acceptors (Lipinski definition) is 9. The van der Waals surface area contributed by atoms with Crippen molar-refractivity contribution in [1.82, 2.24) is 19.5 Å². The molecule has 15 heteroatoms. The van der Waals surface area contributed by atoms with Gasteiger partial charge in [0.15, 0.2) is 5.65 Å². The lowest BCUT2D eigenvalue weighted by Gasteiger charge is -2.18. The quantitative estimate of drug-likeness (QED) is 0.335. The van der Waals surface area contributed by atoms with Crippen LogP contribution in [-0.4, -0.2) is 60.3 Å². The van der Waals surface area contributed by atoms with Crippen LogP contribution in [0.15, 0.2) is 33.9 Å². The molecule has 3 aromatic rings. The minimum atomic E-state index is -4.22. The molecule has 2 aromatic heterocycles. The number of ether oxygens (including phenoxy) is 2. The number of rotatable bonds is 7. The van der Waals surface area contributed by atoms with Crippen LogP contribution in [0.3, 0.4) is 0 Å². The third kappa shape index (κ3) is 4.65. The maximum absolute atomic E-state index is 12.8. The molecule has 0 spiro atoms. The molecule has 1 aliphatic rings. The molecule has 14 nitrogen and oxygen atoms in total. The van der Waals surface area contributed by atoms with Gasteiger partial charge < -0.3 is 19.8 Å². The fraction of sp³-hybridized carbons (Fsp3) is 0.333. The van der Waals surface area contributed by atoms with Crippen molar-refractivity contribution in [3.63, 3.8) is 0 Å². The highest BCUT2D eigenvalue weighted by Crippen LogP contribution is 2.29. The number of carbonyl (C=O) groups is 1. The zero-order chi connectivity index (χ0) is 23.8. The third-order valence-corrected chi connectivity index (χ3v) is 5.55. The Bertz CT molecular complexity index is 1430. The van der Waals surface area contributed by atoms with Crippen molar-refractivity contribution in [2.75, 3.05) is 25.6 Å². The van der Waals surface area contributed by atoms with Crippen molar-refractivity contribution in [3.05, 3.63) is 50.8 Å². The van der Waals surface area contributed by atoms with E-state index < -0.39 is 46.3 Å². The first-order valence-electron chi connectivity index (χ1n) is 9.65. The topological polar surface area (TPSA) is 200 Å². The number of benzene rings is 1. The molecule has 33 heavy (non-hydrogen) atoms. The van der Waals surface area contributed by atoms with Gasteiger partial charge in [-0.2, -0.15) is 13.4 Å². The minimum absolute atomic E-state index is 0.0461. The number of H-pyrrole nitrogens is 2. The van der Waals surface area contributed by atoms with E-state index in [0.717, 1.165) is 0 Å². The molecule has 0 radical (unpaired) electrons. The van der Waals surface area contributed by atoms with Crippen LogP contribution in [0.2, 0.25) is 0 Å². The first-order valence-corrected chi connectivity index (χ1v) is 11.1. The van der Waals surface area contributed by atoms with Gasteiger partial charge in [-0.05, 0) is 18.6 Å². The largest absolute Gasteiger partial charge is 0.496 e. The summed E-state index contributed by atoms with van der Waals surface area (Å²) in [6.07, 6.45) is -0.518. The summed E-state index contributed by atoms with van der Waals surface area (Å²) in [4.78, 5) is 46.6. The standard InChI is InChI=1S/C18H20N6O8S/c1-30-11-5-3-2-4-9(11)16(25)21-14-13-15(23-17(26)22-14)24(18(27)20-13)10-6-7-31-12(10)8-32-33(19,28)29/h2-5,10,12H,6-8H2,1H3,(H,20,27)(H2,19,28,29)(H2,21,22,23,25,26). The maximum Gasteiger partial charge on any atom is 0.348 e. The van der Waals surface area contributed by atoms with E-state index in [-0.39, 0.29) is 29.2 Å². The van der Waals surface area contributed by atoms with Crippen LogP contribution in [0.25, 0.3) is 11.2 Å². The first-order chi connectivity index (χ1) is 15.7. The maximum atomic E-state index is 12.8. The molecule has 2 atom stereocenters. The lowest BCUT2D eigenvalue weighted by molar-refractivity contribution is 0.0528. The molecule has 5 N–H and O–H groups in total. The molecule has 0 saturated carbocycles. The van der Waals surface area contributed by atoms with E-state index in [2.05, 4.69) is 24.5 Å². The Labute approximate surface area is 185 Å². The van der Waals surface area contributed by atoms with Crippen molar-refractivity contribution >= 4 is 33.2 Å². The molecule has 2 unspecified atom stereocenters. The summed E-state index contributed by atoms with van der Waals surface area (Å²) in [7, 11) is -2.81. The summed E-state index contributed by atoms with van der Waals surface area (Å²) in [5.74, 6) is -0.352. The Morgan fingerprint density at radius 1 is 1.33 bits per heavy atom. The Kier molecular flexibility index (Phi) is 6.03. The van der Waals surface area contributed by atoms with Gasteiger partial charge in [-0.15, -0.1) is 0 Å². The van der Waals surface area contributed by atoms with E-state index in [4.69, 9.17) is 14.6 Å². The van der Waals surface area contributed by atoms with E-state index in [1.165, 1.54) is 17.7 Å². The van der Waals surface area contributed by atoms with Gasteiger partial charge in [0.1, 0.15) is 23.2 Å². The zero-order valence-corrected chi connectivity index (χ0v) is 18.0. The van der Waals surface area contributed by atoms with Gasteiger partial charge in [0.2, 0.25) is 0 Å². The number of nitrogens with zero attached hydrogens (tertiary/aromatic N) is 2. The van der Waals surface area contributed by atoms with Gasteiger partial charge in [-0.1, -0.05) is 12.1 Å². The van der Waals surface area contributed by atoms with Crippen molar-refractivity contribution in [2.45, 2.75) is 18.6 Å². The number of hydrogen-bond donors (Lipinski definition) is 4.